The van der Waals surface area contributed by atoms with Gasteiger partial charge in [0.15, 0.2) is 0 Å². The second-order valence-corrected chi connectivity index (χ2v) is 6.86. The number of amides is 1. The molecule has 1 N–H and O–H groups in total. The number of carbonyl (C=O) groups excluding carboxylic acids is 1. The number of piperidine rings is 1. The smallest absolute Gasteiger partial charge is 0.226 e. The van der Waals surface area contributed by atoms with Gasteiger partial charge in [0.1, 0.15) is 5.75 Å². The number of rotatable bonds is 4. The van der Waals surface area contributed by atoms with Crippen LogP contribution in [-0.4, -0.2) is 32.1 Å². The van der Waals surface area contributed by atoms with Crippen molar-refractivity contribution in [1.29, 1.82) is 0 Å². The van der Waals surface area contributed by atoms with Gasteiger partial charge in [-0.05, 0) is 49.8 Å². The highest BCUT2D eigenvalue weighted by Crippen LogP contribution is 2.34. The van der Waals surface area contributed by atoms with Crippen LogP contribution in [0, 0.1) is 5.92 Å². The molecule has 1 amide bonds. The maximum atomic E-state index is 12.5. The number of ether oxygens (including phenoxy) is 1. The fourth-order valence-corrected chi connectivity index (χ4v) is 3.99. The number of methoxy groups -OCH3 is 1. The van der Waals surface area contributed by atoms with E-state index in [1.54, 1.807) is 24.1 Å². The third-order valence-corrected chi connectivity index (χ3v) is 5.23. The zero-order valence-corrected chi connectivity index (χ0v) is 13.9. The molecule has 0 radical (unpaired) electrons. The molecule has 120 valence electrons. The van der Waals surface area contributed by atoms with Crippen LogP contribution in [-0.2, 0) is 4.79 Å². The molecule has 1 aromatic carbocycles. The zero-order chi connectivity index (χ0) is 15.7. The van der Waals surface area contributed by atoms with E-state index in [0.717, 1.165) is 18.5 Å². The average Bonchev–Trinajstić information content (AvgIpc) is 2.85. The predicted molar refractivity (Wildman–Crippen MR) is 88.7 cm³/mol. The molecule has 5 heteroatoms. The van der Waals surface area contributed by atoms with Gasteiger partial charge in [-0.3, -0.25) is 4.79 Å². The first-order valence-corrected chi connectivity index (χ1v) is 8.30. The minimum Gasteiger partial charge on any atom is -0.495 e. The Morgan fingerprint density at radius 2 is 2.05 bits per heavy atom. The quantitative estimate of drug-likeness (QED) is 0.925. The first kappa shape index (κ1) is 15.6. The standard InChI is InChI=1S/C17H23ClN2O2/c1-20(14-5-6-16(22-2)15(18)10-14)17(21)9-11-7-12-3-4-13(8-11)19-12/h5-6,10-13,19H,3-4,7-9H2,1-2H3. The van der Waals surface area contributed by atoms with Crippen LogP contribution in [0.4, 0.5) is 5.69 Å². The molecule has 0 aromatic heterocycles. The van der Waals surface area contributed by atoms with Crippen molar-refractivity contribution in [2.45, 2.75) is 44.2 Å². The van der Waals surface area contributed by atoms with Crippen molar-refractivity contribution in [1.82, 2.24) is 5.32 Å². The summed E-state index contributed by atoms with van der Waals surface area (Å²) in [7, 11) is 3.40. The lowest BCUT2D eigenvalue weighted by Gasteiger charge is -2.30. The van der Waals surface area contributed by atoms with Crippen LogP contribution in [0.1, 0.15) is 32.1 Å². The summed E-state index contributed by atoms with van der Waals surface area (Å²) in [6, 6.07) is 6.69. The molecule has 2 fully saturated rings. The van der Waals surface area contributed by atoms with Crippen LogP contribution in [0.25, 0.3) is 0 Å². The largest absolute Gasteiger partial charge is 0.495 e. The number of anilines is 1. The van der Waals surface area contributed by atoms with E-state index in [-0.39, 0.29) is 5.91 Å². The maximum Gasteiger partial charge on any atom is 0.226 e. The molecular weight excluding hydrogens is 300 g/mol. The normalized spacial score (nSPS) is 26.8. The summed E-state index contributed by atoms with van der Waals surface area (Å²) in [5.41, 5.74) is 0.813. The molecule has 0 saturated carbocycles. The summed E-state index contributed by atoms with van der Waals surface area (Å²) in [6.45, 7) is 0. The fourth-order valence-electron chi connectivity index (χ4n) is 3.73. The summed E-state index contributed by atoms with van der Waals surface area (Å²) in [5, 5.41) is 4.15. The van der Waals surface area contributed by atoms with Gasteiger partial charge in [-0.2, -0.15) is 0 Å². The lowest BCUT2D eigenvalue weighted by molar-refractivity contribution is -0.119. The number of nitrogens with one attached hydrogen (secondary N) is 1. The zero-order valence-electron chi connectivity index (χ0n) is 13.1. The van der Waals surface area contributed by atoms with Gasteiger partial charge in [-0.25, -0.2) is 0 Å². The molecule has 2 aliphatic heterocycles. The van der Waals surface area contributed by atoms with E-state index in [1.807, 2.05) is 13.1 Å². The molecule has 1 aromatic rings. The number of carbonyl (C=O) groups is 1. The Balaban J connectivity index is 1.63. The van der Waals surface area contributed by atoms with E-state index < -0.39 is 0 Å². The molecule has 2 aliphatic rings. The van der Waals surface area contributed by atoms with Crippen molar-refractivity contribution in [2.75, 3.05) is 19.1 Å². The van der Waals surface area contributed by atoms with Crippen LogP contribution in [0.5, 0.6) is 5.75 Å². The Hall–Kier alpha value is -1.26. The second kappa shape index (κ2) is 6.47. The monoisotopic (exact) mass is 322 g/mol. The third-order valence-electron chi connectivity index (χ3n) is 4.93. The fraction of sp³-hybridized carbons (Fsp3) is 0.588. The van der Waals surface area contributed by atoms with Gasteiger partial charge in [0.25, 0.3) is 0 Å². The number of fused-ring (bicyclic) bond motifs is 2. The summed E-state index contributed by atoms with van der Waals surface area (Å²) in [5.74, 6) is 1.29. The SMILES string of the molecule is COc1ccc(N(C)C(=O)CC2CC3CCC(C2)N3)cc1Cl. The van der Waals surface area contributed by atoms with Gasteiger partial charge in [-0.1, -0.05) is 11.6 Å². The maximum absolute atomic E-state index is 12.5. The number of hydrogen-bond acceptors (Lipinski definition) is 3. The van der Waals surface area contributed by atoms with E-state index >= 15 is 0 Å². The number of halogens is 1. The average molecular weight is 323 g/mol. The molecule has 2 bridgehead atoms. The molecule has 22 heavy (non-hydrogen) atoms. The number of benzene rings is 1. The highest BCUT2D eigenvalue weighted by atomic mass is 35.5. The Morgan fingerprint density at radius 1 is 1.36 bits per heavy atom. The van der Waals surface area contributed by atoms with Gasteiger partial charge in [0.05, 0.1) is 12.1 Å². The van der Waals surface area contributed by atoms with Crippen LogP contribution < -0.4 is 15.0 Å². The van der Waals surface area contributed by atoms with Gasteiger partial charge < -0.3 is 15.0 Å². The summed E-state index contributed by atoms with van der Waals surface area (Å²) >= 11 is 6.15. The number of hydrogen-bond donors (Lipinski definition) is 1. The van der Waals surface area contributed by atoms with Crippen molar-refractivity contribution < 1.29 is 9.53 Å². The highest BCUT2D eigenvalue weighted by molar-refractivity contribution is 6.32. The Kier molecular flexibility index (Phi) is 4.59. The summed E-state index contributed by atoms with van der Waals surface area (Å²) < 4.78 is 5.15. The lowest BCUT2D eigenvalue weighted by Crippen LogP contribution is -2.40. The van der Waals surface area contributed by atoms with E-state index in [2.05, 4.69) is 5.32 Å². The van der Waals surface area contributed by atoms with Crippen LogP contribution in [0.2, 0.25) is 5.02 Å². The molecule has 2 unspecified atom stereocenters. The first-order valence-electron chi connectivity index (χ1n) is 7.93. The Labute approximate surface area is 136 Å². The van der Waals surface area contributed by atoms with Gasteiger partial charge in [0, 0.05) is 31.2 Å². The van der Waals surface area contributed by atoms with E-state index in [1.165, 1.54) is 12.8 Å². The second-order valence-electron chi connectivity index (χ2n) is 6.45. The van der Waals surface area contributed by atoms with Crippen LogP contribution in [0.3, 0.4) is 0 Å². The van der Waals surface area contributed by atoms with E-state index in [4.69, 9.17) is 16.3 Å². The van der Waals surface area contributed by atoms with Crippen molar-refractivity contribution in [3.63, 3.8) is 0 Å². The summed E-state index contributed by atoms with van der Waals surface area (Å²) in [4.78, 5) is 14.2. The molecule has 2 saturated heterocycles. The van der Waals surface area contributed by atoms with Crippen molar-refractivity contribution in [3.8, 4) is 5.75 Å². The molecule has 2 atom stereocenters. The minimum absolute atomic E-state index is 0.160. The molecule has 3 rings (SSSR count). The van der Waals surface area contributed by atoms with Gasteiger partial charge in [-0.15, -0.1) is 0 Å². The molecule has 0 aliphatic carbocycles. The third kappa shape index (κ3) is 3.23. The Bertz CT molecular complexity index is 552. The predicted octanol–water partition coefficient (Wildman–Crippen LogP) is 3.23. The topological polar surface area (TPSA) is 41.6 Å². The van der Waals surface area contributed by atoms with Crippen molar-refractivity contribution in [2.24, 2.45) is 5.92 Å². The Morgan fingerprint density at radius 3 is 2.64 bits per heavy atom. The number of nitrogens with zero attached hydrogens (tertiary/aromatic N) is 1. The lowest BCUT2D eigenvalue weighted by atomic mass is 9.89. The minimum atomic E-state index is 0.160. The van der Waals surface area contributed by atoms with E-state index in [9.17, 15) is 4.79 Å². The van der Waals surface area contributed by atoms with Crippen LogP contribution >= 0.6 is 11.6 Å². The molecule has 4 nitrogen and oxygen atoms in total. The molecular formula is C17H23ClN2O2. The van der Waals surface area contributed by atoms with Crippen LogP contribution in [0.15, 0.2) is 18.2 Å². The molecule has 0 spiro atoms. The summed E-state index contributed by atoms with van der Waals surface area (Å²) in [6.07, 6.45) is 5.40. The van der Waals surface area contributed by atoms with Gasteiger partial charge in [0.2, 0.25) is 5.91 Å². The van der Waals surface area contributed by atoms with Crippen molar-refractivity contribution >= 4 is 23.2 Å². The highest BCUT2D eigenvalue weighted by Gasteiger charge is 2.34. The van der Waals surface area contributed by atoms with E-state index in [0.29, 0.717) is 35.2 Å². The van der Waals surface area contributed by atoms with Gasteiger partial charge >= 0.3 is 0 Å². The molecule has 2 heterocycles. The first-order chi connectivity index (χ1) is 10.6. The van der Waals surface area contributed by atoms with Crippen molar-refractivity contribution in [3.05, 3.63) is 23.2 Å².